The molecule has 4 rings (SSSR count). The van der Waals surface area contributed by atoms with Crippen molar-refractivity contribution in [1.29, 1.82) is 0 Å². The van der Waals surface area contributed by atoms with E-state index in [-0.39, 0.29) is 18.4 Å². The predicted molar refractivity (Wildman–Crippen MR) is 167 cm³/mol. The third-order valence-electron chi connectivity index (χ3n) is 8.32. The van der Waals surface area contributed by atoms with Crippen LogP contribution in [0.25, 0.3) is 0 Å². The van der Waals surface area contributed by atoms with E-state index in [0.29, 0.717) is 57.0 Å². The minimum atomic E-state index is -1.34. The Kier molecular flexibility index (Phi) is 10.7. The fourth-order valence-corrected chi connectivity index (χ4v) is 6.05. The molecule has 2 heterocycles. The van der Waals surface area contributed by atoms with Crippen LogP contribution >= 0.6 is 0 Å². The molecular formula is C34H48N4O5. The van der Waals surface area contributed by atoms with Gasteiger partial charge in [0.05, 0.1) is 0 Å². The lowest BCUT2D eigenvalue weighted by molar-refractivity contribution is -0.148. The molecule has 43 heavy (non-hydrogen) atoms. The lowest BCUT2D eigenvalue weighted by atomic mass is 9.92. The van der Waals surface area contributed by atoms with Gasteiger partial charge in [0, 0.05) is 44.8 Å². The van der Waals surface area contributed by atoms with Crippen LogP contribution in [0, 0.1) is 0 Å². The van der Waals surface area contributed by atoms with Crippen LogP contribution in [0.3, 0.4) is 0 Å². The highest BCUT2D eigenvalue weighted by Gasteiger charge is 2.42. The third-order valence-corrected chi connectivity index (χ3v) is 8.32. The molecule has 0 saturated carbocycles. The molecule has 1 N–H and O–H groups in total. The summed E-state index contributed by atoms with van der Waals surface area (Å²) in [7, 11) is 0. The summed E-state index contributed by atoms with van der Waals surface area (Å²) in [5.41, 5.74) is 1.41. The van der Waals surface area contributed by atoms with E-state index in [0.717, 1.165) is 29.5 Å². The number of carbonyl (C=O) groups is 3. The number of carbonyl (C=O) groups excluding carboxylic acids is 3. The molecule has 3 amide bonds. The standard InChI is InChI=1S/C34H48N4O5/c1-24(2)37(25(3)4)21-17-35-31(39)30-29-15-14-28(42-23-26-12-8-7-9-13-26)22-27(29)16-20-38(30)33(41)43-34(5,6)32(40)36-18-10-11-19-36/h7-9,12-15,22,24-25,30H,10-11,16-21,23H2,1-6H3,(H,35,39). The summed E-state index contributed by atoms with van der Waals surface area (Å²) in [5, 5.41) is 3.07. The van der Waals surface area contributed by atoms with Gasteiger partial charge in [0.15, 0.2) is 5.60 Å². The number of fused-ring (bicyclic) bond motifs is 1. The van der Waals surface area contributed by atoms with Gasteiger partial charge in [-0.3, -0.25) is 19.4 Å². The van der Waals surface area contributed by atoms with Gasteiger partial charge in [-0.05, 0) is 89.6 Å². The normalized spacial score (nSPS) is 16.9. The largest absolute Gasteiger partial charge is 0.489 e. The van der Waals surface area contributed by atoms with E-state index in [2.05, 4.69) is 37.9 Å². The van der Waals surface area contributed by atoms with Crippen molar-refractivity contribution >= 4 is 17.9 Å². The fourth-order valence-electron chi connectivity index (χ4n) is 6.05. The maximum Gasteiger partial charge on any atom is 0.411 e. The van der Waals surface area contributed by atoms with Crippen LogP contribution in [0.4, 0.5) is 4.79 Å². The second kappa shape index (κ2) is 14.3. The number of nitrogens with zero attached hydrogens (tertiary/aromatic N) is 3. The maximum absolute atomic E-state index is 13.8. The number of nitrogens with one attached hydrogen (secondary N) is 1. The number of hydrogen-bond acceptors (Lipinski definition) is 6. The first-order chi connectivity index (χ1) is 20.5. The van der Waals surface area contributed by atoms with Crippen LogP contribution in [-0.2, 0) is 27.4 Å². The molecule has 9 nitrogen and oxygen atoms in total. The van der Waals surface area contributed by atoms with Crippen molar-refractivity contribution < 1.29 is 23.9 Å². The number of amides is 3. The van der Waals surface area contributed by atoms with Gasteiger partial charge in [-0.25, -0.2) is 4.79 Å². The summed E-state index contributed by atoms with van der Waals surface area (Å²) in [4.78, 5) is 46.1. The molecule has 2 aromatic carbocycles. The summed E-state index contributed by atoms with van der Waals surface area (Å²) in [6, 6.07) is 15.4. The van der Waals surface area contributed by atoms with Gasteiger partial charge in [-0.2, -0.15) is 0 Å². The Bertz CT molecular complexity index is 1250. The highest BCUT2D eigenvalue weighted by molar-refractivity contribution is 5.90. The summed E-state index contributed by atoms with van der Waals surface area (Å²) in [5.74, 6) is 0.228. The Labute approximate surface area is 256 Å². The number of rotatable bonds is 11. The van der Waals surface area contributed by atoms with E-state index >= 15 is 0 Å². The van der Waals surface area contributed by atoms with Crippen molar-refractivity contribution in [3.63, 3.8) is 0 Å². The van der Waals surface area contributed by atoms with Crippen LogP contribution in [0.5, 0.6) is 5.75 Å². The first-order valence-corrected chi connectivity index (χ1v) is 15.6. The van der Waals surface area contributed by atoms with Gasteiger partial charge < -0.3 is 19.7 Å². The first kappa shape index (κ1) is 32.3. The van der Waals surface area contributed by atoms with Gasteiger partial charge >= 0.3 is 6.09 Å². The van der Waals surface area contributed by atoms with E-state index in [1.165, 1.54) is 4.90 Å². The smallest absolute Gasteiger partial charge is 0.411 e. The molecule has 0 aromatic heterocycles. The van der Waals surface area contributed by atoms with Gasteiger partial charge in [0.2, 0.25) is 5.91 Å². The van der Waals surface area contributed by atoms with Gasteiger partial charge in [-0.15, -0.1) is 0 Å². The zero-order valence-corrected chi connectivity index (χ0v) is 26.6. The number of likely N-dealkylation sites (tertiary alicyclic amines) is 1. The summed E-state index contributed by atoms with van der Waals surface area (Å²) in [6.45, 7) is 15.0. The highest BCUT2D eigenvalue weighted by atomic mass is 16.6. The predicted octanol–water partition coefficient (Wildman–Crippen LogP) is 4.94. The molecule has 234 valence electrons. The lowest BCUT2D eigenvalue weighted by Gasteiger charge is -2.38. The van der Waals surface area contributed by atoms with Crippen molar-refractivity contribution in [2.45, 2.75) is 91.1 Å². The van der Waals surface area contributed by atoms with Crippen molar-refractivity contribution in [2.75, 3.05) is 32.7 Å². The minimum absolute atomic E-state index is 0.209. The minimum Gasteiger partial charge on any atom is -0.489 e. The van der Waals surface area contributed by atoms with Gasteiger partial charge in [0.1, 0.15) is 18.4 Å². The lowest BCUT2D eigenvalue weighted by Crippen LogP contribution is -2.53. The second-order valence-corrected chi connectivity index (χ2v) is 12.6. The van der Waals surface area contributed by atoms with Crippen molar-refractivity contribution in [1.82, 2.24) is 20.0 Å². The highest BCUT2D eigenvalue weighted by Crippen LogP contribution is 2.34. The molecule has 0 spiro atoms. The van der Waals surface area contributed by atoms with E-state index in [1.807, 2.05) is 48.5 Å². The third kappa shape index (κ3) is 8.07. The molecule has 0 aliphatic carbocycles. The maximum atomic E-state index is 13.8. The van der Waals surface area contributed by atoms with Gasteiger partial charge in [-0.1, -0.05) is 36.4 Å². The average molecular weight is 593 g/mol. The number of hydrogen-bond donors (Lipinski definition) is 1. The SMILES string of the molecule is CC(C)N(CCNC(=O)C1c2ccc(OCc3ccccc3)cc2CCN1C(=O)OC(C)(C)C(=O)N1CCCC1)C(C)C. The average Bonchev–Trinajstić information content (AvgIpc) is 3.52. The van der Waals surface area contributed by atoms with E-state index < -0.39 is 17.7 Å². The summed E-state index contributed by atoms with van der Waals surface area (Å²) < 4.78 is 11.9. The molecule has 0 radical (unpaired) electrons. The topological polar surface area (TPSA) is 91.4 Å². The monoisotopic (exact) mass is 592 g/mol. The molecule has 1 atom stereocenters. The van der Waals surface area contributed by atoms with Gasteiger partial charge in [0.25, 0.3) is 5.91 Å². The molecule has 1 saturated heterocycles. The molecule has 9 heteroatoms. The Morgan fingerprint density at radius 1 is 0.977 bits per heavy atom. The summed E-state index contributed by atoms with van der Waals surface area (Å²) >= 11 is 0. The molecular weight excluding hydrogens is 544 g/mol. The van der Waals surface area contributed by atoms with Crippen LogP contribution in [-0.4, -0.2) is 83.0 Å². The zero-order chi connectivity index (χ0) is 31.1. The van der Waals surface area contributed by atoms with E-state index in [9.17, 15) is 14.4 Å². The van der Waals surface area contributed by atoms with Crippen molar-refractivity contribution in [3.8, 4) is 5.75 Å². The zero-order valence-electron chi connectivity index (χ0n) is 26.6. The second-order valence-electron chi connectivity index (χ2n) is 12.6. The van der Waals surface area contributed by atoms with Crippen molar-refractivity contribution in [3.05, 3.63) is 65.2 Å². The molecule has 0 bridgehead atoms. The molecule has 2 aliphatic rings. The fraction of sp³-hybridized carbons (Fsp3) is 0.559. The number of benzene rings is 2. The Morgan fingerprint density at radius 2 is 1.65 bits per heavy atom. The Morgan fingerprint density at radius 3 is 2.30 bits per heavy atom. The van der Waals surface area contributed by atoms with Crippen LogP contribution in [0.2, 0.25) is 0 Å². The summed E-state index contributed by atoms with van der Waals surface area (Å²) in [6.07, 6.45) is 1.76. The van der Waals surface area contributed by atoms with E-state index in [1.54, 1.807) is 18.7 Å². The van der Waals surface area contributed by atoms with Crippen LogP contribution < -0.4 is 10.1 Å². The first-order valence-electron chi connectivity index (χ1n) is 15.6. The van der Waals surface area contributed by atoms with Crippen molar-refractivity contribution in [2.24, 2.45) is 0 Å². The molecule has 1 unspecified atom stereocenters. The molecule has 2 aliphatic heterocycles. The molecule has 1 fully saturated rings. The Balaban J connectivity index is 1.53. The number of ether oxygens (including phenoxy) is 2. The van der Waals surface area contributed by atoms with E-state index in [4.69, 9.17) is 9.47 Å². The molecule has 2 aromatic rings. The quantitative estimate of drug-likeness (QED) is 0.398. The Hall–Kier alpha value is -3.59. The van der Waals surface area contributed by atoms with Crippen LogP contribution in [0.1, 0.15) is 77.1 Å². The van der Waals surface area contributed by atoms with Crippen LogP contribution in [0.15, 0.2) is 48.5 Å².